The van der Waals surface area contributed by atoms with Crippen LogP contribution in [0.3, 0.4) is 0 Å². The summed E-state index contributed by atoms with van der Waals surface area (Å²) in [6.45, 7) is 2.30. The minimum absolute atomic E-state index is 0.0803. The summed E-state index contributed by atoms with van der Waals surface area (Å²) in [7, 11) is 0. The van der Waals surface area contributed by atoms with Crippen LogP contribution in [-0.2, 0) is 6.54 Å². The van der Waals surface area contributed by atoms with E-state index in [1.165, 1.54) is 10.7 Å². The number of halogens is 1. The second-order valence-electron chi connectivity index (χ2n) is 5.35. The number of benzene rings is 2. The lowest BCUT2D eigenvalue weighted by Gasteiger charge is -2.07. The molecule has 0 saturated carbocycles. The van der Waals surface area contributed by atoms with Crippen molar-refractivity contribution in [1.82, 2.24) is 9.78 Å². The van der Waals surface area contributed by atoms with E-state index in [1.807, 2.05) is 6.92 Å². The fourth-order valence-electron chi connectivity index (χ4n) is 2.43. The maximum absolute atomic E-state index is 13.3. The van der Waals surface area contributed by atoms with Gasteiger partial charge in [0.05, 0.1) is 28.3 Å². The van der Waals surface area contributed by atoms with Crippen LogP contribution in [-0.4, -0.2) is 14.7 Å². The highest BCUT2D eigenvalue weighted by Crippen LogP contribution is 2.33. The van der Waals surface area contributed by atoms with Crippen molar-refractivity contribution >= 4 is 5.69 Å². The van der Waals surface area contributed by atoms with Crippen molar-refractivity contribution in [3.05, 3.63) is 70.0 Å². The first-order valence-electron chi connectivity index (χ1n) is 7.72. The van der Waals surface area contributed by atoms with Crippen LogP contribution in [0.15, 0.2) is 48.5 Å². The smallest absolute Gasteiger partial charge is 0.314 e. The molecule has 26 heavy (non-hydrogen) atoms. The quantitative estimate of drug-likeness (QED) is 0.504. The predicted molar refractivity (Wildman–Crippen MR) is 91.2 cm³/mol. The monoisotopic (exact) mass is 352 g/mol. The Bertz CT molecular complexity index is 1020. The zero-order valence-electron chi connectivity index (χ0n) is 13.7. The number of aromatic nitrogens is 2. The van der Waals surface area contributed by atoms with Crippen molar-refractivity contribution in [3.63, 3.8) is 0 Å². The van der Waals surface area contributed by atoms with E-state index in [-0.39, 0.29) is 11.6 Å². The number of ether oxygens (including phenoxy) is 1. The molecule has 3 aromatic rings. The number of nitriles is 1. The van der Waals surface area contributed by atoms with E-state index in [2.05, 4.69) is 11.2 Å². The molecule has 0 unspecified atom stereocenters. The van der Waals surface area contributed by atoms with Crippen LogP contribution in [0.2, 0.25) is 0 Å². The molecule has 0 N–H and O–H groups in total. The van der Waals surface area contributed by atoms with Gasteiger partial charge in [-0.05, 0) is 31.2 Å². The molecule has 0 aliphatic heterocycles. The summed E-state index contributed by atoms with van der Waals surface area (Å²) >= 11 is 0. The third-order valence-corrected chi connectivity index (χ3v) is 3.66. The van der Waals surface area contributed by atoms with Crippen LogP contribution in [0.4, 0.5) is 10.1 Å². The van der Waals surface area contributed by atoms with Gasteiger partial charge in [-0.15, -0.1) is 0 Å². The molecule has 130 valence electrons. The van der Waals surface area contributed by atoms with Crippen LogP contribution >= 0.6 is 0 Å². The van der Waals surface area contributed by atoms with Gasteiger partial charge in [-0.1, -0.05) is 12.1 Å². The van der Waals surface area contributed by atoms with Gasteiger partial charge >= 0.3 is 5.69 Å². The number of aryl methyl sites for hydroxylation is 1. The number of hydrogen-bond acceptors (Lipinski definition) is 5. The van der Waals surface area contributed by atoms with Crippen molar-refractivity contribution in [1.29, 1.82) is 5.26 Å². The number of hydrogen-bond donors (Lipinski definition) is 0. The molecule has 0 amide bonds. The van der Waals surface area contributed by atoms with Crippen LogP contribution in [0, 0.1) is 27.3 Å². The molecule has 7 nitrogen and oxygen atoms in total. The van der Waals surface area contributed by atoms with E-state index in [9.17, 15) is 14.5 Å². The van der Waals surface area contributed by atoms with Crippen LogP contribution in [0.5, 0.6) is 11.6 Å². The second-order valence-corrected chi connectivity index (χ2v) is 5.35. The summed E-state index contributed by atoms with van der Waals surface area (Å²) in [5.74, 6) is -0.523. The van der Waals surface area contributed by atoms with Gasteiger partial charge in [-0.2, -0.15) is 10.4 Å². The van der Waals surface area contributed by atoms with Gasteiger partial charge in [0.25, 0.3) is 0 Å². The molecule has 0 aliphatic rings. The average Bonchev–Trinajstić information content (AvgIpc) is 3.06. The molecule has 0 radical (unpaired) electrons. The fraction of sp³-hybridized carbons (Fsp3) is 0.111. The maximum atomic E-state index is 13.3. The van der Waals surface area contributed by atoms with E-state index in [1.54, 1.807) is 30.3 Å². The minimum atomic E-state index is -0.720. The molecule has 3 rings (SSSR count). The summed E-state index contributed by atoms with van der Waals surface area (Å²) in [5.41, 5.74) is 1.30. The fourth-order valence-corrected chi connectivity index (χ4v) is 2.43. The molecule has 0 aliphatic carbocycles. The topological polar surface area (TPSA) is 94.0 Å². The van der Waals surface area contributed by atoms with Crippen molar-refractivity contribution in [3.8, 4) is 29.0 Å². The van der Waals surface area contributed by atoms with Crippen molar-refractivity contribution < 1.29 is 14.1 Å². The van der Waals surface area contributed by atoms with Gasteiger partial charge in [0.2, 0.25) is 11.6 Å². The summed E-state index contributed by atoms with van der Waals surface area (Å²) in [6, 6.07) is 13.7. The minimum Gasteiger partial charge on any atom is -0.432 e. The maximum Gasteiger partial charge on any atom is 0.314 e. The highest BCUT2D eigenvalue weighted by Gasteiger charge is 2.19. The molecular formula is C18H13FN4O3. The number of nitro groups is 1. The average molecular weight is 352 g/mol. The number of nitro benzene ring substituents is 1. The summed E-state index contributed by atoms with van der Waals surface area (Å²) in [5, 5.41) is 24.5. The Kier molecular flexibility index (Phi) is 4.62. The van der Waals surface area contributed by atoms with E-state index in [0.717, 1.165) is 17.7 Å². The number of rotatable bonds is 5. The Balaban J connectivity index is 2.01. The molecule has 2 aromatic carbocycles. The normalized spacial score (nSPS) is 10.3. The molecule has 1 heterocycles. The van der Waals surface area contributed by atoms with Gasteiger partial charge in [-0.25, -0.2) is 9.07 Å². The lowest BCUT2D eigenvalue weighted by molar-refractivity contribution is -0.385. The first-order chi connectivity index (χ1) is 12.5. The Hall–Kier alpha value is -3.73. The Morgan fingerprint density at radius 3 is 2.81 bits per heavy atom. The molecule has 1 aromatic heterocycles. The van der Waals surface area contributed by atoms with Crippen LogP contribution in [0.1, 0.15) is 12.5 Å². The Morgan fingerprint density at radius 1 is 1.31 bits per heavy atom. The molecule has 0 saturated heterocycles. The Labute approximate surface area is 148 Å². The van der Waals surface area contributed by atoms with Gasteiger partial charge in [0.1, 0.15) is 5.82 Å². The van der Waals surface area contributed by atoms with Gasteiger partial charge in [0.15, 0.2) is 0 Å². The third-order valence-electron chi connectivity index (χ3n) is 3.66. The molecule has 0 atom stereocenters. The first-order valence-corrected chi connectivity index (χ1v) is 7.72. The summed E-state index contributed by atoms with van der Waals surface area (Å²) < 4.78 is 20.4. The molecule has 0 bridgehead atoms. The molecule has 8 heteroatoms. The predicted octanol–water partition coefficient (Wildman–Crippen LogP) is 4.28. The molecular weight excluding hydrogens is 339 g/mol. The van der Waals surface area contributed by atoms with Gasteiger partial charge < -0.3 is 4.74 Å². The van der Waals surface area contributed by atoms with Crippen LogP contribution < -0.4 is 4.74 Å². The SMILES string of the molecule is CCn1nc(-c2cccc(C#N)c2)cc1Oc1ccc(F)cc1[N+](=O)[O-]. The van der Waals surface area contributed by atoms with E-state index < -0.39 is 16.4 Å². The van der Waals surface area contributed by atoms with E-state index in [0.29, 0.717) is 17.8 Å². The standard InChI is InChI=1S/C18H13FN4O3/c1-2-22-18(26-17-7-6-14(19)9-16(17)23(24)25)10-15(21-22)13-5-3-4-12(8-13)11-20/h3-10H,2H2,1H3. The summed E-state index contributed by atoms with van der Waals surface area (Å²) in [4.78, 5) is 10.4. The highest BCUT2D eigenvalue weighted by atomic mass is 19.1. The highest BCUT2D eigenvalue weighted by molar-refractivity contribution is 5.62. The van der Waals surface area contributed by atoms with Gasteiger partial charge in [-0.3, -0.25) is 10.1 Å². The largest absolute Gasteiger partial charge is 0.432 e. The zero-order chi connectivity index (χ0) is 18.7. The Morgan fingerprint density at radius 2 is 2.12 bits per heavy atom. The van der Waals surface area contributed by atoms with Crippen LogP contribution in [0.25, 0.3) is 11.3 Å². The van der Waals surface area contributed by atoms with Crippen molar-refractivity contribution in [2.75, 3.05) is 0 Å². The van der Waals surface area contributed by atoms with Crippen molar-refractivity contribution in [2.24, 2.45) is 0 Å². The zero-order valence-corrected chi connectivity index (χ0v) is 13.7. The second kappa shape index (κ2) is 7.03. The van der Waals surface area contributed by atoms with E-state index >= 15 is 0 Å². The van der Waals surface area contributed by atoms with Crippen molar-refractivity contribution in [2.45, 2.75) is 13.5 Å². The lowest BCUT2D eigenvalue weighted by Crippen LogP contribution is -2.01. The molecule has 0 spiro atoms. The van der Waals surface area contributed by atoms with Gasteiger partial charge in [0, 0.05) is 18.2 Å². The molecule has 0 fully saturated rings. The summed E-state index contributed by atoms with van der Waals surface area (Å²) in [6.07, 6.45) is 0. The van der Waals surface area contributed by atoms with E-state index in [4.69, 9.17) is 10.00 Å². The number of nitrogens with zero attached hydrogens (tertiary/aromatic N) is 4. The lowest BCUT2D eigenvalue weighted by atomic mass is 10.1. The first kappa shape index (κ1) is 17.1. The third kappa shape index (κ3) is 3.37.